The number of amides is 1. The smallest absolute Gasteiger partial charge is 0.356 e. The Morgan fingerprint density at radius 2 is 1.97 bits per heavy atom. The first-order valence-electron chi connectivity index (χ1n) is 11.8. The minimum absolute atomic E-state index is 0.210. The zero-order valence-electron chi connectivity index (χ0n) is 20.6. The van der Waals surface area contributed by atoms with E-state index in [1.165, 1.54) is 14.2 Å². The predicted molar refractivity (Wildman–Crippen MR) is 134 cm³/mol. The average Bonchev–Trinajstić information content (AvgIpc) is 3.54. The fourth-order valence-electron chi connectivity index (χ4n) is 4.29. The van der Waals surface area contributed by atoms with Crippen LogP contribution in [-0.4, -0.2) is 60.9 Å². The molecule has 0 spiro atoms. The minimum Gasteiger partial charge on any atom is -0.467 e. The fraction of sp³-hybridized carbons (Fsp3) is 0.385. The highest BCUT2D eigenvalue weighted by Gasteiger charge is 2.30. The SMILES string of the molecule is COC(=O)c1c(NC(=O)C2CCOC2)c2cc(NC(C)C(=O)OC)cnc2n1CCc1ccccc1. The van der Waals surface area contributed by atoms with Gasteiger partial charge in [0.05, 0.1) is 44.3 Å². The molecule has 10 nitrogen and oxygen atoms in total. The molecule has 1 saturated heterocycles. The van der Waals surface area contributed by atoms with E-state index in [1.54, 1.807) is 23.8 Å². The fourth-order valence-corrected chi connectivity index (χ4v) is 4.29. The van der Waals surface area contributed by atoms with Gasteiger partial charge in [-0.3, -0.25) is 4.79 Å². The molecule has 0 saturated carbocycles. The lowest BCUT2D eigenvalue weighted by Crippen LogP contribution is -2.27. The molecule has 10 heteroatoms. The van der Waals surface area contributed by atoms with Gasteiger partial charge in [-0.25, -0.2) is 14.6 Å². The number of ether oxygens (including phenoxy) is 3. The Labute approximate surface area is 208 Å². The lowest BCUT2D eigenvalue weighted by Gasteiger charge is -2.13. The second-order valence-electron chi connectivity index (χ2n) is 8.64. The number of benzene rings is 1. The Morgan fingerprint density at radius 3 is 2.64 bits per heavy atom. The molecule has 0 radical (unpaired) electrons. The third kappa shape index (κ3) is 5.33. The minimum atomic E-state index is -0.622. The summed E-state index contributed by atoms with van der Waals surface area (Å²) in [5.74, 6) is -1.56. The first-order chi connectivity index (χ1) is 17.4. The van der Waals surface area contributed by atoms with Crippen molar-refractivity contribution in [1.82, 2.24) is 9.55 Å². The molecule has 1 fully saturated rings. The molecule has 190 valence electrons. The summed E-state index contributed by atoms with van der Waals surface area (Å²) >= 11 is 0. The predicted octanol–water partition coefficient (Wildman–Crippen LogP) is 3.01. The number of methoxy groups -OCH3 is 2. The van der Waals surface area contributed by atoms with E-state index < -0.39 is 18.0 Å². The van der Waals surface area contributed by atoms with Gasteiger partial charge < -0.3 is 29.4 Å². The van der Waals surface area contributed by atoms with Gasteiger partial charge in [0.1, 0.15) is 11.7 Å². The number of nitrogens with zero attached hydrogens (tertiary/aromatic N) is 2. The maximum Gasteiger partial charge on any atom is 0.356 e. The van der Waals surface area contributed by atoms with Crippen LogP contribution in [0.4, 0.5) is 11.4 Å². The molecule has 1 amide bonds. The van der Waals surface area contributed by atoms with Gasteiger partial charge in [-0.2, -0.15) is 0 Å². The number of rotatable bonds is 9. The quantitative estimate of drug-likeness (QED) is 0.436. The van der Waals surface area contributed by atoms with E-state index in [1.807, 2.05) is 30.3 Å². The number of pyridine rings is 1. The highest BCUT2D eigenvalue weighted by Crippen LogP contribution is 2.34. The van der Waals surface area contributed by atoms with Crippen LogP contribution in [0, 0.1) is 5.92 Å². The molecule has 1 aliphatic rings. The van der Waals surface area contributed by atoms with Crippen molar-refractivity contribution in [3.05, 3.63) is 53.9 Å². The number of aryl methyl sites for hydroxylation is 2. The van der Waals surface area contributed by atoms with Gasteiger partial charge in [-0.15, -0.1) is 0 Å². The van der Waals surface area contributed by atoms with E-state index in [4.69, 9.17) is 14.2 Å². The molecular formula is C26H30N4O6. The Balaban J connectivity index is 1.79. The van der Waals surface area contributed by atoms with Crippen LogP contribution in [0.15, 0.2) is 42.6 Å². The van der Waals surface area contributed by atoms with E-state index >= 15 is 0 Å². The zero-order chi connectivity index (χ0) is 25.7. The topological polar surface area (TPSA) is 121 Å². The van der Waals surface area contributed by atoms with Crippen molar-refractivity contribution in [2.75, 3.05) is 38.1 Å². The first-order valence-corrected chi connectivity index (χ1v) is 11.8. The highest BCUT2D eigenvalue weighted by molar-refractivity contribution is 6.11. The van der Waals surface area contributed by atoms with Crippen LogP contribution < -0.4 is 10.6 Å². The molecule has 0 aliphatic carbocycles. The van der Waals surface area contributed by atoms with Crippen molar-refractivity contribution in [1.29, 1.82) is 0 Å². The summed E-state index contributed by atoms with van der Waals surface area (Å²) in [7, 11) is 2.62. The molecule has 1 aromatic carbocycles. The van der Waals surface area contributed by atoms with Gasteiger partial charge in [0, 0.05) is 18.5 Å². The standard InChI is InChI=1S/C26H30N4O6/c1-16(25(32)34-2)28-19-13-20-21(29-24(31)18-10-12-36-15-18)22(26(33)35-3)30(23(20)27-14-19)11-9-17-7-5-4-6-8-17/h4-8,13-14,16,18,28H,9-12,15H2,1-3H3,(H,29,31). The first kappa shape index (κ1) is 25.2. The van der Waals surface area contributed by atoms with Crippen molar-refractivity contribution in [2.24, 2.45) is 5.92 Å². The van der Waals surface area contributed by atoms with Gasteiger partial charge in [-0.1, -0.05) is 30.3 Å². The molecule has 1 aliphatic heterocycles. The van der Waals surface area contributed by atoms with E-state index in [-0.39, 0.29) is 17.5 Å². The highest BCUT2D eigenvalue weighted by atomic mass is 16.5. The van der Waals surface area contributed by atoms with E-state index in [9.17, 15) is 14.4 Å². The summed E-state index contributed by atoms with van der Waals surface area (Å²) in [6.07, 6.45) is 2.82. The molecule has 3 heterocycles. The third-order valence-corrected chi connectivity index (χ3v) is 6.23. The van der Waals surface area contributed by atoms with Gasteiger partial charge in [0.15, 0.2) is 5.69 Å². The second-order valence-corrected chi connectivity index (χ2v) is 8.64. The number of anilines is 2. The third-order valence-electron chi connectivity index (χ3n) is 6.23. The molecule has 2 N–H and O–H groups in total. The Bertz CT molecular complexity index is 1250. The molecule has 36 heavy (non-hydrogen) atoms. The van der Waals surface area contributed by atoms with Crippen LogP contribution in [-0.2, 0) is 36.8 Å². The van der Waals surface area contributed by atoms with Crippen LogP contribution in [0.1, 0.15) is 29.4 Å². The summed E-state index contributed by atoms with van der Waals surface area (Å²) in [5, 5.41) is 6.55. The monoisotopic (exact) mass is 494 g/mol. The van der Waals surface area contributed by atoms with Crippen LogP contribution in [0.25, 0.3) is 11.0 Å². The van der Waals surface area contributed by atoms with Crippen molar-refractivity contribution >= 4 is 40.3 Å². The van der Waals surface area contributed by atoms with Crippen LogP contribution in [0.5, 0.6) is 0 Å². The summed E-state index contributed by atoms with van der Waals surface area (Å²) < 4.78 is 17.0. The molecule has 4 rings (SSSR count). The van der Waals surface area contributed by atoms with E-state index in [2.05, 4.69) is 15.6 Å². The van der Waals surface area contributed by atoms with Crippen molar-refractivity contribution < 1.29 is 28.6 Å². The van der Waals surface area contributed by atoms with Crippen LogP contribution in [0.2, 0.25) is 0 Å². The lowest BCUT2D eigenvalue weighted by atomic mass is 10.1. The number of hydrogen-bond acceptors (Lipinski definition) is 8. The Kier molecular flexibility index (Phi) is 7.84. The van der Waals surface area contributed by atoms with E-state index in [0.29, 0.717) is 55.0 Å². The average molecular weight is 495 g/mol. The zero-order valence-corrected chi connectivity index (χ0v) is 20.6. The summed E-state index contributed by atoms with van der Waals surface area (Å²) in [6.45, 7) is 2.95. The number of fused-ring (bicyclic) bond motifs is 1. The number of aromatic nitrogens is 2. The van der Waals surface area contributed by atoms with Gasteiger partial charge in [0.25, 0.3) is 0 Å². The molecule has 2 aromatic heterocycles. The van der Waals surface area contributed by atoms with Crippen molar-refractivity contribution in [3.63, 3.8) is 0 Å². The number of carbonyl (C=O) groups is 3. The second kappa shape index (κ2) is 11.2. The number of carbonyl (C=O) groups excluding carboxylic acids is 3. The van der Waals surface area contributed by atoms with E-state index in [0.717, 1.165) is 5.56 Å². The van der Waals surface area contributed by atoms with Gasteiger partial charge >= 0.3 is 11.9 Å². The Morgan fingerprint density at radius 1 is 1.19 bits per heavy atom. The van der Waals surface area contributed by atoms with Gasteiger partial charge in [0.2, 0.25) is 5.91 Å². The molecule has 0 bridgehead atoms. The largest absolute Gasteiger partial charge is 0.467 e. The molecule has 2 atom stereocenters. The lowest BCUT2D eigenvalue weighted by molar-refractivity contribution is -0.141. The maximum atomic E-state index is 13.1. The molecule has 2 unspecified atom stereocenters. The number of nitrogens with one attached hydrogen (secondary N) is 2. The summed E-state index contributed by atoms with van der Waals surface area (Å²) in [4.78, 5) is 42.6. The molecular weight excluding hydrogens is 464 g/mol. The molecule has 3 aromatic rings. The normalized spacial score (nSPS) is 15.9. The van der Waals surface area contributed by atoms with Gasteiger partial charge in [-0.05, 0) is 31.4 Å². The van der Waals surface area contributed by atoms with Crippen LogP contribution in [0.3, 0.4) is 0 Å². The summed E-state index contributed by atoms with van der Waals surface area (Å²) in [5.41, 5.74) is 2.68. The van der Waals surface area contributed by atoms with Crippen LogP contribution >= 0.6 is 0 Å². The maximum absolute atomic E-state index is 13.1. The van der Waals surface area contributed by atoms with Crippen molar-refractivity contribution in [3.8, 4) is 0 Å². The van der Waals surface area contributed by atoms with Crippen molar-refractivity contribution in [2.45, 2.75) is 32.4 Å². The Hall–Kier alpha value is -3.92. The number of esters is 2. The number of hydrogen-bond donors (Lipinski definition) is 2. The summed E-state index contributed by atoms with van der Waals surface area (Å²) in [6, 6.07) is 11.0.